The van der Waals surface area contributed by atoms with Gasteiger partial charge in [0.1, 0.15) is 11.6 Å². The average molecular weight is 392 g/mol. The molecule has 1 aliphatic rings. The second kappa shape index (κ2) is 9.19. The van der Waals surface area contributed by atoms with Crippen LogP contribution in [0, 0.1) is 11.6 Å². The number of anilines is 2. The fraction of sp³-hybridized carbons (Fsp3) is 0.350. The number of nitrogens with one attached hydrogen (secondary N) is 2. The van der Waals surface area contributed by atoms with Crippen LogP contribution in [0.2, 0.25) is 0 Å². The highest BCUT2D eigenvalue weighted by molar-refractivity contribution is 8.00. The van der Waals surface area contributed by atoms with Crippen LogP contribution in [0.1, 0.15) is 6.92 Å². The Morgan fingerprint density at radius 2 is 1.85 bits per heavy atom. The van der Waals surface area contributed by atoms with Gasteiger partial charge in [0.25, 0.3) is 0 Å². The molecule has 1 saturated heterocycles. The lowest BCUT2D eigenvalue weighted by atomic mass is 10.2. The lowest BCUT2D eigenvalue weighted by Gasteiger charge is -2.33. The van der Waals surface area contributed by atoms with Crippen molar-refractivity contribution in [2.24, 2.45) is 0 Å². The number of hydrogen-bond acceptors (Lipinski definition) is 3. The third-order valence-electron chi connectivity index (χ3n) is 4.74. The first kappa shape index (κ1) is 19.6. The van der Waals surface area contributed by atoms with E-state index in [1.807, 2.05) is 24.3 Å². The molecule has 0 aliphatic carbocycles. The number of hydrogen-bond donors (Lipinski definition) is 2. The third kappa shape index (κ3) is 5.43. The van der Waals surface area contributed by atoms with Crippen LogP contribution < -0.4 is 15.1 Å². The highest BCUT2D eigenvalue weighted by Crippen LogP contribution is 2.23. The summed E-state index contributed by atoms with van der Waals surface area (Å²) >= 11 is 1.05. The fourth-order valence-electron chi connectivity index (χ4n) is 3.12. The van der Waals surface area contributed by atoms with E-state index >= 15 is 0 Å². The average Bonchev–Trinajstić information content (AvgIpc) is 2.68. The van der Waals surface area contributed by atoms with Crippen LogP contribution >= 0.6 is 11.8 Å². The van der Waals surface area contributed by atoms with Crippen molar-refractivity contribution in [2.45, 2.75) is 11.8 Å². The number of quaternary nitrogens is 1. The van der Waals surface area contributed by atoms with E-state index in [0.29, 0.717) is 5.69 Å². The zero-order valence-electron chi connectivity index (χ0n) is 15.3. The molecule has 0 spiro atoms. The van der Waals surface area contributed by atoms with Crippen molar-refractivity contribution in [2.75, 3.05) is 48.7 Å². The molecule has 3 rings (SSSR count). The summed E-state index contributed by atoms with van der Waals surface area (Å²) in [6.45, 7) is 7.74. The van der Waals surface area contributed by atoms with Gasteiger partial charge in [-0.3, -0.25) is 4.79 Å². The highest BCUT2D eigenvalue weighted by Gasteiger charge is 2.18. The largest absolute Gasteiger partial charge is 0.360 e. The Morgan fingerprint density at radius 1 is 1.15 bits per heavy atom. The molecule has 4 nitrogen and oxygen atoms in total. The Kier molecular flexibility index (Phi) is 6.68. The zero-order chi connectivity index (χ0) is 19.2. The number of rotatable bonds is 6. The minimum Gasteiger partial charge on any atom is -0.360 e. The quantitative estimate of drug-likeness (QED) is 0.742. The number of benzene rings is 2. The molecule has 7 heteroatoms. The molecule has 1 heterocycles. The molecule has 27 heavy (non-hydrogen) atoms. The maximum atomic E-state index is 13.6. The lowest BCUT2D eigenvalue weighted by molar-refractivity contribution is -0.898. The molecule has 0 aromatic heterocycles. The maximum absolute atomic E-state index is 13.6. The van der Waals surface area contributed by atoms with Crippen molar-refractivity contribution in [3.8, 4) is 0 Å². The van der Waals surface area contributed by atoms with Crippen LogP contribution in [0.25, 0.3) is 0 Å². The van der Waals surface area contributed by atoms with E-state index in [0.717, 1.165) is 49.7 Å². The molecule has 1 fully saturated rings. The number of nitrogens with zero attached hydrogens (tertiary/aromatic N) is 1. The summed E-state index contributed by atoms with van der Waals surface area (Å²) in [5.74, 6) is -1.44. The second-order valence-electron chi connectivity index (χ2n) is 6.55. The van der Waals surface area contributed by atoms with E-state index in [2.05, 4.69) is 17.1 Å². The summed E-state index contributed by atoms with van der Waals surface area (Å²) < 4.78 is 26.5. The van der Waals surface area contributed by atoms with Crippen LogP contribution in [0.15, 0.2) is 47.4 Å². The van der Waals surface area contributed by atoms with E-state index in [1.54, 1.807) is 4.90 Å². The van der Waals surface area contributed by atoms with Crippen molar-refractivity contribution in [3.05, 3.63) is 54.1 Å². The molecule has 144 valence electrons. The summed E-state index contributed by atoms with van der Waals surface area (Å²) in [6, 6.07) is 11.1. The number of carbonyl (C=O) groups excluding carboxylic acids is 1. The van der Waals surface area contributed by atoms with Gasteiger partial charge in [-0.2, -0.15) is 0 Å². The molecule has 2 aromatic carbocycles. The lowest BCUT2D eigenvalue weighted by Crippen LogP contribution is -3.14. The summed E-state index contributed by atoms with van der Waals surface area (Å²) in [4.78, 5) is 16.3. The van der Waals surface area contributed by atoms with Crippen LogP contribution in [-0.2, 0) is 4.79 Å². The molecule has 0 radical (unpaired) electrons. The Bertz CT molecular complexity index is 777. The number of halogens is 2. The zero-order valence-corrected chi connectivity index (χ0v) is 16.1. The van der Waals surface area contributed by atoms with Gasteiger partial charge >= 0.3 is 0 Å². The molecule has 2 aromatic rings. The minimum atomic E-state index is -0.651. The molecule has 1 amide bonds. The van der Waals surface area contributed by atoms with Gasteiger partial charge in [0.05, 0.1) is 38.5 Å². The van der Waals surface area contributed by atoms with Crippen molar-refractivity contribution >= 4 is 29.0 Å². The van der Waals surface area contributed by atoms with E-state index < -0.39 is 11.6 Å². The fourth-order valence-corrected chi connectivity index (χ4v) is 3.84. The maximum Gasteiger partial charge on any atom is 0.234 e. The van der Waals surface area contributed by atoms with Crippen LogP contribution in [0.4, 0.5) is 20.2 Å². The Morgan fingerprint density at radius 3 is 2.48 bits per heavy atom. The van der Waals surface area contributed by atoms with Crippen LogP contribution in [-0.4, -0.2) is 44.4 Å². The Hall–Kier alpha value is -2.12. The Labute approximate surface area is 162 Å². The van der Waals surface area contributed by atoms with Crippen molar-refractivity contribution in [1.29, 1.82) is 0 Å². The first-order chi connectivity index (χ1) is 13.0. The number of piperazine rings is 1. The van der Waals surface area contributed by atoms with Gasteiger partial charge in [-0.15, -0.1) is 11.8 Å². The molecule has 1 aliphatic heterocycles. The SMILES string of the molecule is CC[NH+]1CCN(c2ccc(NC(=O)CSc3ccc(F)cc3F)cc2)CC1. The van der Waals surface area contributed by atoms with Gasteiger partial charge in [0, 0.05) is 22.3 Å². The number of carbonyl (C=O) groups is 1. The summed E-state index contributed by atoms with van der Waals surface area (Å²) in [5.41, 5.74) is 1.87. The van der Waals surface area contributed by atoms with Gasteiger partial charge in [0.2, 0.25) is 5.91 Å². The second-order valence-corrected chi connectivity index (χ2v) is 7.57. The number of thioether (sulfide) groups is 1. The van der Waals surface area contributed by atoms with Crippen molar-refractivity contribution in [1.82, 2.24) is 0 Å². The predicted octanol–water partition coefficient (Wildman–Crippen LogP) is 2.42. The highest BCUT2D eigenvalue weighted by atomic mass is 32.2. The Balaban J connectivity index is 1.50. The molecule has 0 unspecified atom stereocenters. The monoisotopic (exact) mass is 392 g/mol. The van der Waals surface area contributed by atoms with Crippen LogP contribution in [0.3, 0.4) is 0 Å². The standard InChI is InChI=1S/C20H23F2N3OS/c1-2-24-9-11-25(12-10-24)17-6-4-16(5-7-17)23-20(26)14-27-19-8-3-15(21)13-18(19)22/h3-8,13H,2,9-12,14H2,1H3,(H,23,26)/p+1. The van der Waals surface area contributed by atoms with Crippen molar-refractivity contribution < 1.29 is 18.5 Å². The molecule has 0 bridgehead atoms. The summed E-state index contributed by atoms with van der Waals surface area (Å²) in [5, 5.41) is 2.81. The van der Waals surface area contributed by atoms with Crippen LogP contribution in [0.5, 0.6) is 0 Å². The van der Waals surface area contributed by atoms with Gasteiger partial charge < -0.3 is 15.1 Å². The topological polar surface area (TPSA) is 36.8 Å². The summed E-state index contributed by atoms with van der Waals surface area (Å²) in [7, 11) is 0. The molecule has 0 saturated carbocycles. The van der Waals surface area contributed by atoms with E-state index in [9.17, 15) is 13.6 Å². The molecule has 0 atom stereocenters. The minimum absolute atomic E-state index is 0.0616. The normalized spacial score (nSPS) is 15.0. The summed E-state index contributed by atoms with van der Waals surface area (Å²) in [6.07, 6.45) is 0. The van der Waals surface area contributed by atoms with Gasteiger partial charge in [-0.05, 0) is 43.3 Å². The molecular formula is C20H24F2N3OS+. The first-order valence-corrected chi connectivity index (χ1v) is 10.1. The molecule has 2 N–H and O–H groups in total. The van der Waals surface area contributed by atoms with Gasteiger partial charge in [-0.25, -0.2) is 8.78 Å². The van der Waals surface area contributed by atoms with E-state index in [-0.39, 0.29) is 16.6 Å². The van der Waals surface area contributed by atoms with Gasteiger partial charge in [0.15, 0.2) is 0 Å². The van der Waals surface area contributed by atoms with Gasteiger partial charge in [-0.1, -0.05) is 0 Å². The smallest absolute Gasteiger partial charge is 0.234 e. The predicted molar refractivity (Wildman–Crippen MR) is 106 cm³/mol. The number of likely N-dealkylation sites (N-methyl/N-ethyl adjacent to an activating group) is 1. The first-order valence-electron chi connectivity index (χ1n) is 9.11. The molecular weight excluding hydrogens is 368 g/mol. The number of amides is 1. The van der Waals surface area contributed by atoms with Crippen molar-refractivity contribution in [3.63, 3.8) is 0 Å². The van der Waals surface area contributed by atoms with E-state index in [4.69, 9.17) is 0 Å². The third-order valence-corrected chi connectivity index (χ3v) is 5.79. The van der Waals surface area contributed by atoms with E-state index in [1.165, 1.54) is 18.7 Å².